The largest absolute Gasteiger partial charge is 0.288 e. The Morgan fingerprint density at radius 2 is 2.24 bits per heavy atom. The number of hydrogen-bond acceptors (Lipinski definition) is 6. The van der Waals surface area contributed by atoms with Gasteiger partial charge in [-0.2, -0.15) is 4.98 Å². The van der Waals surface area contributed by atoms with Crippen molar-refractivity contribution in [2.24, 2.45) is 0 Å². The molecule has 0 aliphatic carbocycles. The van der Waals surface area contributed by atoms with E-state index in [0.29, 0.717) is 10.6 Å². The molecule has 2 N–H and O–H groups in total. The molecule has 8 heteroatoms. The molecule has 2 rings (SSSR count). The van der Waals surface area contributed by atoms with E-state index in [2.05, 4.69) is 30.1 Å². The van der Waals surface area contributed by atoms with Crippen molar-refractivity contribution < 1.29 is 4.79 Å². The molecule has 0 bridgehead atoms. The Morgan fingerprint density at radius 3 is 2.76 bits per heavy atom. The third-order valence-electron chi connectivity index (χ3n) is 2.13. The summed E-state index contributed by atoms with van der Waals surface area (Å²) in [6, 6.07) is 0. The number of amides is 1. The first-order valence-electron chi connectivity index (χ1n) is 5.10. The summed E-state index contributed by atoms with van der Waals surface area (Å²) in [6.45, 7) is 5.71. The molecule has 2 aromatic heterocycles. The number of nitrogens with one attached hydrogen (secondary N) is 2. The number of rotatable bonds is 3. The Kier molecular flexibility index (Phi) is 3.14. The van der Waals surface area contributed by atoms with Crippen LogP contribution in [0.3, 0.4) is 0 Å². The summed E-state index contributed by atoms with van der Waals surface area (Å²) >= 11 is 1.05. The maximum Gasteiger partial charge on any atom is 0.271 e. The van der Waals surface area contributed by atoms with Crippen LogP contribution in [0.25, 0.3) is 0 Å². The number of hydrogen-bond donors (Lipinski definition) is 2. The number of anilines is 1. The van der Waals surface area contributed by atoms with Crippen molar-refractivity contribution in [1.29, 1.82) is 0 Å². The average Bonchev–Trinajstić information content (AvgIpc) is 2.86. The monoisotopic (exact) mass is 252 g/mol. The highest BCUT2D eigenvalue weighted by atomic mass is 32.1. The number of carbonyl (C=O) groups is 1. The van der Waals surface area contributed by atoms with Gasteiger partial charge < -0.3 is 0 Å². The molecule has 0 aliphatic heterocycles. The molecule has 0 aliphatic rings. The lowest BCUT2D eigenvalue weighted by molar-refractivity contribution is 0.102. The molecule has 0 saturated carbocycles. The molecule has 17 heavy (non-hydrogen) atoms. The lowest BCUT2D eigenvalue weighted by Gasteiger charge is -1.97. The van der Waals surface area contributed by atoms with Gasteiger partial charge >= 0.3 is 0 Å². The van der Waals surface area contributed by atoms with Gasteiger partial charge in [-0.1, -0.05) is 18.3 Å². The Balaban J connectivity index is 2.11. The van der Waals surface area contributed by atoms with Crippen molar-refractivity contribution in [2.75, 3.05) is 5.32 Å². The van der Waals surface area contributed by atoms with E-state index in [1.54, 1.807) is 6.92 Å². The highest BCUT2D eigenvalue weighted by Gasteiger charge is 2.15. The van der Waals surface area contributed by atoms with Gasteiger partial charge in [-0.15, -0.1) is 10.2 Å². The molecular formula is C9H12N6OS. The predicted molar refractivity (Wildman–Crippen MR) is 63.1 cm³/mol. The molecule has 1 amide bonds. The number of aromatic nitrogens is 5. The van der Waals surface area contributed by atoms with Crippen molar-refractivity contribution in [3.05, 3.63) is 16.4 Å². The second-order valence-electron chi connectivity index (χ2n) is 3.84. The fourth-order valence-corrected chi connectivity index (χ4v) is 1.74. The zero-order chi connectivity index (χ0) is 12.4. The van der Waals surface area contributed by atoms with E-state index in [0.717, 1.165) is 17.4 Å². The van der Waals surface area contributed by atoms with Gasteiger partial charge in [0.15, 0.2) is 0 Å². The lowest BCUT2D eigenvalue weighted by atomic mass is 10.2. The highest BCUT2D eigenvalue weighted by Crippen LogP contribution is 2.13. The van der Waals surface area contributed by atoms with E-state index in [4.69, 9.17) is 0 Å². The molecule has 2 heterocycles. The molecule has 0 saturated heterocycles. The first-order chi connectivity index (χ1) is 8.08. The third kappa shape index (κ3) is 2.47. The van der Waals surface area contributed by atoms with Crippen molar-refractivity contribution in [2.45, 2.75) is 26.7 Å². The van der Waals surface area contributed by atoms with Crippen LogP contribution in [0.15, 0.2) is 0 Å². The van der Waals surface area contributed by atoms with Crippen LogP contribution in [0, 0.1) is 6.92 Å². The second-order valence-corrected chi connectivity index (χ2v) is 4.59. The van der Waals surface area contributed by atoms with E-state index in [9.17, 15) is 4.79 Å². The molecule has 2 aromatic rings. The van der Waals surface area contributed by atoms with Gasteiger partial charge in [0.05, 0.1) is 5.69 Å². The maximum absolute atomic E-state index is 11.8. The maximum atomic E-state index is 11.8. The fourth-order valence-electron chi connectivity index (χ4n) is 1.19. The van der Waals surface area contributed by atoms with Crippen LogP contribution in [0.2, 0.25) is 0 Å². The summed E-state index contributed by atoms with van der Waals surface area (Å²) in [5.41, 5.74) is 0.604. The fraction of sp³-hybridized carbons (Fsp3) is 0.444. The third-order valence-corrected chi connectivity index (χ3v) is 2.96. The van der Waals surface area contributed by atoms with Crippen LogP contribution in [0.4, 0.5) is 5.95 Å². The summed E-state index contributed by atoms with van der Waals surface area (Å²) in [5.74, 6) is 0.956. The van der Waals surface area contributed by atoms with Crippen LogP contribution < -0.4 is 5.32 Å². The van der Waals surface area contributed by atoms with E-state index < -0.39 is 0 Å². The average molecular weight is 252 g/mol. The quantitative estimate of drug-likeness (QED) is 0.859. The molecule has 0 fully saturated rings. The minimum atomic E-state index is -0.285. The number of H-pyrrole nitrogens is 1. The first-order valence-corrected chi connectivity index (χ1v) is 5.88. The van der Waals surface area contributed by atoms with Gasteiger partial charge in [-0.3, -0.25) is 15.2 Å². The molecule has 0 atom stereocenters. The number of carbonyl (C=O) groups excluding carboxylic acids is 1. The van der Waals surface area contributed by atoms with E-state index in [1.807, 2.05) is 13.8 Å². The second kappa shape index (κ2) is 4.58. The summed E-state index contributed by atoms with van der Waals surface area (Å²) in [4.78, 5) is 16.4. The Hall–Kier alpha value is -1.83. The molecular weight excluding hydrogens is 240 g/mol. The molecule has 0 radical (unpaired) electrons. The molecule has 0 aromatic carbocycles. The minimum Gasteiger partial charge on any atom is -0.288 e. The van der Waals surface area contributed by atoms with E-state index >= 15 is 0 Å². The van der Waals surface area contributed by atoms with Crippen LogP contribution in [-0.2, 0) is 0 Å². The first kappa shape index (κ1) is 11.6. The molecule has 7 nitrogen and oxygen atoms in total. The lowest BCUT2D eigenvalue weighted by Crippen LogP contribution is -2.12. The zero-order valence-electron chi connectivity index (χ0n) is 9.68. The standard InChI is InChI=1S/C9H12N6OS/c1-4(2)7-10-9(14-13-7)11-8(16)6-5(3)12-15-17-6/h4H,1-3H3,(H2,10,11,13,14,16). The zero-order valence-corrected chi connectivity index (χ0v) is 10.5. The van der Waals surface area contributed by atoms with Gasteiger partial charge in [0.1, 0.15) is 10.7 Å². The van der Waals surface area contributed by atoms with Gasteiger partial charge in [0, 0.05) is 5.92 Å². The SMILES string of the molecule is Cc1nnsc1C(=O)Nc1n[nH]c(C(C)C)n1. The van der Waals surface area contributed by atoms with Gasteiger partial charge in [-0.25, -0.2) is 0 Å². The minimum absolute atomic E-state index is 0.236. The summed E-state index contributed by atoms with van der Waals surface area (Å²) in [5, 5.41) is 13.0. The number of aryl methyl sites for hydroxylation is 1. The van der Waals surface area contributed by atoms with Crippen LogP contribution >= 0.6 is 11.5 Å². The Bertz CT molecular complexity index is 531. The predicted octanol–water partition coefficient (Wildman–Crippen LogP) is 1.34. The smallest absolute Gasteiger partial charge is 0.271 e. The topological polar surface area (TPSA) is 96.5 Å². The van der Waals surface area contributed by atoms with Crippen LogP contribution in [0.5, 0.6) is 0 Å². The summed E-state index contributed by atoms with van der Waals surface area (Å²) in [6.07, 6.45) is 0. The number of nitrogens with zero attached hydrogens (tertiary/aromatic N) is 4. The summed E-state index contributed by atoms with van der Waals surface area (Å²) in [7, 11) is 0. The normalized spacial score (nSPS) is 10.8. The Morgan fingerprint density at radius 1 is 1.47 bits per heavy atom. The van der Waals surface area contributed by atoms with Gasteiger partial charge in [0.25, 0.3) is 5.91 Å². The number of aromatic amines is 1. The van der Waals surface area contributed by atoms with Crippen molar-refractivity contribution in [3.8, 4) is 0 Å². The van der Waals surface area contributed by atoms with Gasteiger partial charge in [-0.05, 0) is 18.5 Å². The molecule has 0 spiro atoms. The Labute approximate surface area is 102 Å². The van der Waals surface area contributed by atoms with Crippen molar-refractivity contribution >= 4 is 23.4 Å². The van der Waals surface area contributed by atoms with E-state index in [1.165, 1.54) is 0 Å². The van der Waals surface area contributed by atoms with Gasteiger partial charge in [0.2, 0.25) is 5.95 Å². The van der Waals surface area contributed by atoms with Crippen molar-refractivity contribution in [3.63, 3.8) is 0 Å². The summed E-state index contributed by atoms with van der Waals surface area (Å²) < 4.78 is 3.70. The van der Waals surface area contributed by atoms with Crippen LogP contribution in [-0.4, -0.2) is 30.7 Å². The van der Waals surface area contributed by atoms with E-state index in [-0.39, 0.29) is 17.8 Å². The molecule has 90 valence electrons. The highest BCUT2D eigenvalue weighted by molar-refractivity contribution is 7.08. The molecule has 0 unspecified atom stereocenters. The van der Waals surface area contributed by atoms with Crippen molar-refractivity contribution in [1.82, 2.24) is 24.8 Å². The van der Waals surface area contributed by atoms with Crippen LogP contribution in [0.1, 0.15) is 41.0 Å².